The fourth-order valence-corrected chi connectivity index (χ4v) is 11.2. The van der Waals surface area contributed by atoms with E-state index in [2.05, 4.69) is 204 Å². The van der Waals surface area contributed by atoms with Crippen LogP contribution in [0, 0.1) is 0 Å². The Morgan fingerprint density at radius 3 is 1.16 bits per heavy atom. The molecule has 308 valence electrons. The van der Waals surface area contributed by atoms with Crippen molar-refractivity contribution in [3.8, 4) is 11.5 Å². The highest BCUT2D eigenvalue weighted by molar-refractivity contribution is 5.90. The average molecular weight is 811 g/mol. The lowest BCUT2D eigenvalue weighted by atomic mass is 9.85. The third-order valence-corrected chi connectivity index (χ3v) is 13.9. The molecule has 2 saturated heterocycles. The Labute approximate surface area is 366 Å². The van der Waals surface area contributed by atoms with Gasteiger partial charge in [0.1, 0.15) is 11.5 Å². The number of rotatable bonds is 6. The molecule has 2 fully saturated rings. The molecule has 0 aromatic heterocycles. The molecular formula is C58H54N2O2. The summed E-state index contributed by atoms with van der Waals surface area (Å²) in [6, 6.07) is 71.5. The van der Waals surface area contributed by atoms with Crippen LogP contribution >= 0.6 is 0 Å². The monoisotopic (exact) mass is 810 g/mol. The van der Waals surface area contributed by atoms with Crippen LogP contribution in [0.15, 0.2) is 194 Å². The van der Waals surface area contributed by atoms with E-state index in [1.54, 1.807) is 0 Å². The molecule has 0 saturated carbocycles. The molecule has 4 aliphatic rings. The number of fused-ring (bicyclic) bond motifs is 8. The van der Waals surface area contributed by atoms with Gasteiger partial charge in [-0.2, -0.15) is 0 Å². The molecule has 0 unspecified atom stereocenters. The van der Waals surface area contributed by atoms with Gasteiger partial charge in [-0.25, -0.2) is 0 Å². The molecule has 0 aliphatic carbocycles. The van der Waals surface area contributed by atoms with E-state index in [1.165, 1.54) is 80.6 Å². The van der Waals surface area contributed by atoms with Crippen molar-refractivity contribution in [2.24, 2.45) is 0 Å². The Morgan fingerprint density at radius 2 is 0.742 bits per heavy atom. The fourth-order valence-electron chi connectivity index (χ4n) is 11.2. The average Bonchev–Trinajstić information content (AvgIpc) is 3.34. The summed E-state index contributed by atoms with van der Waals surface area (Å²) < 4.78 is 13.4. The highest BCUT2D eigenvalue weighted by Crippen LogP contribution is 2.50. The smallest absolute Gasteiger partial charge is 0.153 e. The van der Waals surface area contributed by atoms with Crippen molar-refractivity contribution in [3.63, 3.8) is 0 Å². The van der Waals surface area contributed by atoms with Crippen molar-refractivity contribution in [2.75, 3.05) is 0 Å². The maximum Gasteiger partial charge on any atom is 0.153 e. The van der Waals surface area contributed by atoms with Crippen LogP contribution in [-0.2, 0) is 12.8 Å². The summed E-state index contributed by atoms with van der Waals surface area (Å²) in [6.45, 7) is 0. The normalized spacial score (nSPS) is 23.0. The summed E-state index contributed by atoms with van der Waals surface area (Å²) in [4.78, 5) is 5.36. The molecule has 8 aromatic carbocycles. The molecule has 62 heavy (non-hydrogen) atoms. The summed E-state index contributed by atoms with van der Waals surface area (Å²) in [5, 5.41) is 5.16. The molecule has 0 radical (unpaired) electrons. The van der Waals surface area contributed by atoms with Gasteiger partial charge in [-0.05, 0) is 107 Å². The lowest BCUT2D eigenvalue weighted by molar-refractivity contribution is -0.0744. The zero-order valence-corrected chi connectivity index (χ0v) is 35.3. The van der Waals surface area contributed by atoms with Gasteiger partial charge < -0.3 is 9.47 Å². The third-order valence-electron chi connectivity index (χ3n) is 13.9. The predicted octanol–water partition coefficient (Wildman–Crippen LogP) is 13.5. The van der Waals surface area contributed by atoms with Gasteiger partial charge in [0.2, 0.25) is 0 Å². The minimum absolute atomic E-state index is 0.126. The van der Waals surface area contributed by atoms with Crippen LogP contribution in [0.2, 0.25) is 0 Å². The zero-order valence-electron chi connectivity index (χ0n) is 35.3. The van der Waals surface area contributed by atoms with Gasteiger partial charge in [-0.3, -0.25) is 9.80 Å². The highest BCUT2D eigenvalue weighted by atomic mass is 16.5. The molecule has 4 aliphatic heterocycles. The molecule has 0 spiro atoms. The molecule has 8 aromatic rings. The lowest BCUT2D eigenvalue weighted by Gasteiger charge is -2.50. The maximum absolute atomic E-state index is 6.69. The second-order valence-electron chi connectivity index (χ2n) is 17.6. The van der Waals surface area contributed by atoms with Gasteiger partial charge in [0.05, 0.1) is 12.1 Å². The van der Waals surface area contributed by atoms with Crippen LogP contribution in [0.5, 0.6) is 11.5 Å². The highest BCUT2D eigenvalue weighted by Gasteiger charge is 2.45. The van der Waals surface area contributed by atoms with Crippen LogP contribution in [0.4, 0.5) is 0 Å². The first kappa shape index (κ1) is 38.7. The molecule has 4 nitrogen and oxygen atoms in total. The molecule has 6 atom stereocenters. The molecular weight excluding hydrogens is 757 g/mol. The first-order valence-electron chi connectivity index (χ1n) is 22.9. The van der Waals surface area contributed by atoms with Crippen LogP contribution in [0.25, 0.3) is 21.5 Å². The van der Waals surface area contributed by atoms with Gasteiger partial charge in [-0.15, -0.1) is 0 Å². The zero-order chi connectivity index (χ0) is 41.2. The van der Waals surface area contributed by atoms with Gasteiger partial charge >= 0.3 is 0 Å². The quantitative estimate of drug-likeness (QED) is 0.167. The van der Waals surface area contributed by atoms with Crippen LogP contribution < -0.4 is 9.47 Å². The number of ether oxygens (including phenoxy) is 2. The van der Waals surface area contributed by atoms with Crippen LogP contribution in [0.1, 0.15) is 84.0 Å². The fraction of sp³-hybridized carbons (Fsp3) is 0.241. The van der Waals surface area contributed by atoms with E-state index < -0.39 is 0 Å². The molecule has 0 bridgehead atoms. The minimum atomic E-state index is 0.126. The molecule has 4 heteroatoms. The number of nitrogens with zero attached hydrogens (tertiary/aromatic N) is 2. The Balaban J connectivity index is 0.000000139. The Morgan fingerprint density at radius 1 is 0.371 bits per heavy atom. The van der Waals surface area contributed by atoms with E-state index >= 15 is 0 Å². The summed E-state index contributed by atoms with van der Waals surface area (Å²) >= 11 is 0. The van der Waals surface area contributed by atoms with Gasteiger partial charge in [-0.1, -0.05) is 182 Å². The minimum Gasteiger partial charge on any atom is -0.475 e. The molecule has 12 rings (SSSR count). The summed E-state index contributed by atoms with van der Waals surface area (Å²) in [6.07, 6.45) is 9.38. The number of piperidine rings is 2. The second kappa shape index (κ2) is 17.3. The topological polar surface area (TPSA) is 24.9 Å². The Hall–Kier alpha value is -6.20. The van der Waals surface area contributed by atoms with Crippen molar-refractivity contribution in [3.05, 3.63) is 228 Å². The Bertz CT molecular complexity index is 2570. The van der Waals surface area contributed by atoms with Gasteiger partial charge in [0.15, 0.2) is 12.5 Å². The maximum atomic E-state index is 6.69. The van der Waals surface area contributed by atoms with Crippen molar-refractivity contribution >= 4 is 21.5 Å². The second-order valence-corrected chi connectivity index (χ2v) is 17.6. The standard InChI is InChI=1S/2C29H27NO/c2*1-3-10-21(11-4-1)20-24-15-9-17-27-30(24)29(23-13-5-2-6-14-23)28-25-16-8-7-12-22(25)18-19-26(28)31-27/h2*1-8,10-14,16,18-19,24,27,29H,9,15,17,20H2/t2*24-,27+,29-/m10/s1. The van der Waals surface area contributed by atoms with Gasteiger partial charge in [0.25, 0.3) is 0 Å². The first-order chi connectivity index (χ1) is 30.8. The Kier molecular flexibility index (Phi) is 10.8. The molecule has 4 heterocycles. The van der Waals surface area contributed by atoms with E-state index in [9.17, 15) is 0 Å². The largest absolute Gasteiger partial charge is 0.475 e. The molecule has 0 amide bonds. The molecule has 0 N–H and O–H groups in total. The van der Waals surface area contributed by atoms with Crippen LogP contribution in [-0.4, -0.2) is 34.3 Å². The first-order valence-corrected chi connectivity index (χ1v) is 22.9. The van der Waals surface area contributed by atoms with E-state index in [-0.39, 0.29) is 24.5 Å². The number of hydrogen-bond acceptors (Lipinski definition) is 4. The number of hydrogen-bond donors (Lipinski definition) is 0. The van der Waals surface area contributed by atoms with E-state index in [0.717, 1.165) is 37.2 Å². The van der Waals surface area contributed by atoms with Crippen LogP contribution in [0.3, 0.4) is 0 Å². The summed E-state index contributed by atoms with van der Waals surface area (Å²) in [5.41, 5.74) is 8.16. The van der Waals surface area contributed by atoms with E-state index in [4.69, 9.17) is 9.47 Å². The number of benzene rings is 8. The summed E-state index contributed by atoms with van der Waals surface area (Å²) in [5.74, 6) is 2.10. The lowest BCUT2D eigenvalue weighted by Crippen LogP contribution is -2.54. The van der Waals surface area contributed by atoms with Crippen molar-refractivity contribution < 1.29 is 9.47 Å². The summed E-state index contributed by atoms with van der Waals surface area (Å²) in [7, 11) is 0. The van der Waals surface area contributed by atoms with Crippen molar-refractivity contribution in [1.82, 2.24) is 9.80 Å². The third kappa shape index (κ3) is 7.46. The van der Waals surface area contributed by atoms with E-state index in [0.29, 0.717) is 12.1 Å². The van der Waals surface area contributed by atoms with E-state index in [1.807, 2.05) is 0 Å². The predicted molar refractivity (Wildman–Crippen MR) is 253 cm³/mol. The SMILES string of the molecule is c1ccc(C[C@@H]2CCC[C@H]3Oc4ccc5ccccc5c4[C@H](c4ccccc4)N23)cc1.c1ccc(C[C@H]2CCC[C@@H]3Oc4ccc5ccccc5c4[C@@H](c4ccccc4)N23)cc1. The van der Waals surface area contributed by atoms with Crippen molar-refractivity contribution in [2.45, 2.75) is 88.0 Å². The van der Waals surface area contributed by atoms with Crippen molar-refractivity contribution in [1.29, 1.82) is 0 Å². The van der Waals surface area contributed by atoms with Gasteiger partial charge in [0, 0.05) is 23.2 Å².